The summed E-state index contributed by atoms with van der Waals surface area (Å²) in [6.07, 6.45) is 3.65. The lowest BCUT2D eigenvalue weighted by molar-refractivity contribution is -0.145. The fourth-order valence-electron chi connectivity index (χ4n) is 5.92. The maximum atomic E-state index is 11.8. The molecule has 0 N–H and O–H groups in total. The van der Waals surface area contributed by atoms with Crippen LogP contribution in [-0.4, -0.2) is 55.2 Å². The molecule has 1 aromatic carbocycles. The molecule has 7 nitrogen and oxygen atoms in total. The number of ether oxygens (including phenoxy) is 4. The van der Waals surface area contributed by atoms with Crippen molar-refractivity contribution in [1.29, 1.82) is 0 Å². The summed E-state index contributed by atoms with van der Waals surface area (Å²) in [7, 11) is 1.74. The summed E-state index contributed by atoms with van der Waals surface area (Å²) in [5.74, 6) is -0.379. The third kappa shape index (κ3) is 5.09. The molecule has 1 fully saturated rings. The number of carbonyl (C=O) groups is 1. The highest BCUT2D eigenvalue weighted by Gasteiger charge is 2.47. The van der Waals surface area contributed by atoms with Crippen LogP contribution >= 0.6 is 15.9 Å². The molecule has 1 aliphatic carbocycles. The first-order valence-corrected chi connectivity index (χ1v) is 13.7. The van der Waals surface area contributed by atoms with Gasteiger partial charge < -0.3 is 23.5 Å². The fraction of sp³-hybridized carbons (Fsp3) is 0.517. The lowest BCUT2D eigenvalue weighted by Gasteiger charge is -2.42. The number of hydrogen-bond donors (Lipinski definition) is 0. The number of fused-ring (bicyclic) bond motifs is 5. The molecule has 3 heterocycles. The first-order valence-electron chi connectivity index (χ1n) is 12.9. The maximum absolute atomic E-state index is 11.8. The number of esters is 1. The summed E-state index contributed by atoms with van der Waals surface area (Å²) in [5, 5.41) is 1.16. The lowest BCUT2D eigenvalue weighted by Crippen LogP contribution is -2.36. The van der Waals surface area contributed by atoms with Crippen molar-refractivity contribution in [1.82, 2.24) is 9.55 Å². The van der Waals surface area contributed by atoms with Crippen molar-refractivity contribution in [3.8, 4) is 11.3 Å². The normalized spacial score (nSPS) is 20.0. The van der Waals surface area contributed by atoms with Gasteiger partial charge in [-0.3, -0.25) is 9.78 Å². The van der Waals surface area contributed by atoms with Crippen LogP contribution in [-0.2, 0) is 30.3 Å². The predicted molar refractivity (Wildman–Crippen MR) is 146 cm³/mol. The monoisotopic (exact) mass is 570 g/mol. The van der Waals surface area contributed by atoms with Crippen LogP contribution in [0.4, 0.5) is 0 Å². The summed E-state index contributed by atoms with van der Waals surface area (Å²) in [4.78, 5) is 16.6. The van der Waals surface area contributed by atoms with Crippen molar-refractivity contribution in [2.75, 3.05) is 33.5 Å². The molecule has 2 aliphatic rings. The predicted octanol–water partition coefficient (Wildman–Crippen LogP) is 6.04. The van der Waals surface area contributed by atoms with Crippen LogP contribution in [0.15, 0.2) is 41.0 Å². The zero-order valence-corrected chi connectivity index (χ0v) is 23.5. The summed E-state index contributed by atoms with van der Waals surface area (Å²) in [5.41, 5.74) is 5.04. The quantitative estimate of drug-likeness (QED) is 0.308. The third-order valence-electron chi connectivity index (χ3n) is 7.62. The van der Waals surface area contributed by atoms with Gasteiger partial charge in [0, 0.05) is 72.3 Å². The highest BCUT2D eigenvalue weighted by Crippen LogP contribution is 2.56. The Morgan fingerprint density at radius 2 is 2.03 bits per heavy atom. The topological polar surface area (TPSA) is 71.8 Å². The molecule has 198 valence electrons. The SMILES string of the molecule is CO[C@@H]1c2ncccc2-c2c(c3cc(Br)ccc3n2CCOC2CCOCC2)C1C(C)(C)COC(C)=O. The minimum Gasteiger partial charge on any atom is -0.465 e. The Balaban J connectivity index is 1.66. The van der Waals surface area contributed by atoms with Crippen molar-refractivity contribution in [2.24, 2.45) is 5.41 Å². The Labute approximate surface area is 226 Å². The van der Waals surface area contributed by atoms with Gasteiger partial charge in [0.25, 0.3) is 0 Å². The highest BCUT2D eigenvalue weighted by atomic mass is 79.9. The van der Waals surface area contributed by atoms with Gasteiger partial charge in [0.15, 0.2) is 0 Å². The minimum absolute atomic E-state index is 0.0938. The van der Waals surface area contributed by atoms with Gasteiger partial charge in [0.2, 0.25) is 0 Å². The number of benzene rings is 1. The number of methoxy groups -OCH3 is 1. The van der Waals surface area contributed by atoms with Crippen molar-refractivity contribution in [3.63, 3.8) is 0 Å². The third-order valence-corrected chi connectivity index (χ3v) is 8.11. The highest BCUT2D eigenvalue weighted by molar-refractivity contribution is 9.10. The van der Waals surface area contributed by atoms with Gasteiger partial charge in [-0.2, -0.15) is 0 Å². The largest absolute Gasteiger partial charge is 0.465 e. The maximum Gasteiger partial charge on any atom is 0.302 e. The van der Waals surface area contributed by atoms with Crippen LogP contribution in [0.3, 0.4) is 0 Å². The number of rotatable bonds is 8. The van der Waals surface area contributed by atoms with E-state index in [4.69, 9.17) is 23.9 Å². The Morgan fingerprint density at radius 3 is 2.76 bits per heavy atom. The van der Waals surface area contributed by atoms with Gasteiger partial charge in [0.05, 0.1) is 30.7 Å². The van der Waals surface area contributed by atoms with Crippen LogP contribution < -0.4 is 0 Å². The van der Waals surface area contributed by atoms with Crippen molar-refractivity contribution >= 4 is 32.8 Å². The van der Waals surface area contributed by atoms with Crippen LogP contribution in [0, 0.1) is 5.41 Å². The molecule has 0 spiro atoms. The van der Waals surface area contributed by atoms with Crippen LogP contribution in [0.5, 0.6) is 0 Å². The molecule has 0 saturated carbocycles. The summed E-state index contributed by atoms with van der Waals surface area (Å²) in [6.45, 7) is 8.86. The van der Waals surface area contributed by atoms with E-state index in [2.05, 4.69) is 58.6 Å². The Morgan fingerprint density at radius 1 is 1.24 bits per heavy atom. The van der Waals surface area contributed by atoms with Gasteiger partial charge in [-0.1, -0.05) is 29.8 Å². The number of hydrogen-bond acceptors (Lipinski definition) is 6. The lowest BCUT2D eigenvalue weighted by atomic mass is 9.67. The number of pyridine rings is 1. The summed E-state index contributed by atoms with van der Waals surface area (Å²) >= 11 is 3.70. The average molecular weight is 572 g/mol. The minimum atomic E-state index is -0.420. The van der Waals surface area contributed by atoms with Gasteiger partial charge in [-0.15, -0.1) is 0 Å². The molecule has 8 heteroatoms. The van der Waals surface area contributed by atoms with E-state index in [0.29, 0.717) is 13.2 Å². The molecule has 5 rings (SSSR count). The van der Waals surface area contributed by atoms with Crippen molar-refractivity contribution < 1.29 is 23.7 Å². The average Bonchev–Trinajstić information content (AvgIpc) is 3.20. The second-order valence-corrected chi connectivity index (χ2v) is 11.5. The second-order valence-electron chi connectivity index (χ2n) is 10.6. The van der Waals surface area contributed by atoms with E-state index in [-0.39, 0.29) is 30.7 Å². The molecule has 0 radical (unpaired) electrons. The number of aromatic nitrogens is 2. The first kappa shape index (κ1) is 26.4. The number of halogens is 1. The molecule has 2 atom stereocenters. The van der Waals surface area contributed by atoms with E-state index in [1.54, 1.807) is 7.11 Å². The van der Waals surface area contributed by atoms with Crippen LogP contribution in [0.1, 0.15) is 56.9 Å². The van der Waals surface area contributed by atoms with E-state index >= 15 is 0 Å². The smallest absolute Gasteiger partial charge is 0.302 e. The van der Waals surface area contributed by atoms with E-state index in [0.717, 1.165) is 58.4 Å². The van der Waals surface area contributed by atoms with E-state index in [1.807, 2.05) is 12.3 Å². The Bertz CT molecular complexity index is 1280. The molecule has 2 aromatic heterocycles. The first-order chi connectivity index (χ1) is 17.8. The number of nitrogens with zero attached hydrogens (tertiary/aromatic N) is 2. The molecule has 1 saturated heterocycles. The van der Waals surface area contributed by atoms with E-state index in [9.17, 15) is 4.79 Å². The standard InChI is InChI=1S/C29H35BrN2O5/c1-18(33)37-17-29(2,3)25-24-22-16-19(30)7-8-23(22)32(12-15-36-20-9-13-35-14-10-20)27(24)21-6-5-11-31-26(21)28(25)34-4/h5-8,11,16,20,25,28H,9-10,12-15,17H2,1-4H3/t25?,28-/m0/s1. The zero-order chi connectivity index (χ0) is 26.2. The Kier molecular flexibility index (Phi) is 7.73. The molecular weight excluding hydrogens is 536 g/mol. The van der Waals surface area contributed by atoms with Gasteiger partial charge in [0.1, 0.15) is 6.10 Å². The fourth-order valence-corrected chi connectivity index (χ4v) is 6.28. The van der Waals surface area contributed by atoms with E-state index in [1.165, 1.54) is 12.5 Å². The molecule has 0 bridgehead atoms. The van der Waals surface area contributed by atoms with Gasteiger partial charge in [-0.25, -0.2) is 0 Å². The number of carbonyl (C=O) groups excluding carboxylic acids is 1. The molecule has 1 unspecified atom stereocenters. The second kappa shape index (κ2) is 10.8. The summed E-state index contributed by atoms with van der Waals surface area (Å²) < 4.78 is 26.9. The van der Waals surface area contributed by atoms with Crippen molar-refractivity contribution in [2.45, 2.75) is 58.3 Å². The zero-order valence-electron chi connectivity index (χ0n) is 22.0. The van der Waals surface area contributed by atoms with Crippen LogP contribution in [0.25, 0.3) is 22.2 Å². The molecule has 0 amide bonds. The molecule has 3 aromatic rings. The Hall–Kier alpha value is -2.26. The summed E-state index contributed by atoms with van der Waals surface area (Å²) in [6, 6.07) is 10.6. The van der Waals surface area contributed by atoms with Gasteiger partial charge >= 0.3 is 5.97 Å². The molecule has 1 aliphatic heterocycles. The molecule has 37 heavy (non-hydrogen) atoms. The molecular formula is C29H35BrN2O5. The van der Waals surface area contributed by atoms with Crippen LogP contribution in [0.2, 0.25) is 0 Å². The van der Waals surface area contributed by atoms with Crippen molar-refractivity contribution in [3.05, 3.63) is 52.3 Å². The van der Waals surface area contributed by atoms with E-state index < -0.39 is 5.41 Å². The van der Waals surface area contributed by atoms with Gasteiger partial charge in [-0.05, 0) is 48.7 Å².